The van der Waals surface area contributed by atoms with Crippen molar-refractivity contribution in [3.63, 3.8) is 0 Å². The average molecular weight is 350 g/mol. The summed E-state index contributed by atoms with van der Waals surface area (Å²) in [6.07, 6.45) is 0. The fourth-order valence-electron chi connectivity index (χ4n) is 2.42. The fraction of sp³-hybridized carbons (Fsp3) is 0.263. The van der Waals surface area contributed by atoms with Gasteiger partial charge in [-0.05, 0) is 67.6 Å². The second-order valence-corrected chi connectivity index (χ2v) is 6.98. The zero-order chi connectivity index (χ0) is 18.6. The van der Waals surface area contributed by atoms with Gasteiger partial charge in [-0.15, -0.1) is 5.10 Å². The lowest BCUT2D eigenvalue weighted by Gasteiger charge is -2.20. The lowest BCUT2D eigenvalue weighted by atomic mass is 10.1. The molecule has 1 aromatic heterocycles. The minimum Gasteiger partial charge on any atom is -0.378 e. The molecular weight excluding hydrogens is 328 g/mol. The third-order valence-corrected chi connectivity index (χ3v) is 3.62. The third kappa shape index (κ3) is 4.44. The Balaban J connectivity index is 1.65. The lowest BCUT2D eigenvalue weighted by Crippen LogP contribution is -2.40. The standard InChI is InChI=1S/C19H22N6O/c1-19(2,3)21-18(26)14-9-11-15(12-10-14)20-13-17-22-23-24-25(17)16-7-5-4-6-8-16/h4-12,20H,13H2,1-3H3,(H,21,26). The molecule has 7 heteroatoms. The number of benzene rings is 2. The van der Waals surface area contributed by atoms with E-state index < -0.39 is 0 Å². The van der Waals surface area contributed by atoms with E-state index in [4.69, 9.17) is 0 Å². The van der Waals surface area contributed by atoms with E-state index in [0.717, 1.165) is 11.4 Å². The molecule has 2 aromatic carbocycles. The van der Waals surface area contributed by atoms with E-state index in [9.17, 15) is 4.79 Å². The van der Waals surface area contributed by atoms with Gasteiger partial charge in [-0.2, -0.15) is 4.68 Å². The first-order valence-corrected chi connectivity index (χ1v) is 8.41. The van der Waals surface area contributed by atoms with Crippen LogP contribution in [0, 0.1) is 0 Å². The highest BCUT2D eigenvalue weighted by Gasteiger charge is 2.15. The first-order valence-electron chi connectivity index (χ1n) is 8.41. The largest absolute Gasteiger partial charge is 0.378 e. The van der Waals surface area contributed by atoms with Crippen LogP contribution in [0.1, 0.15) is 37.0 Å². The molecule has 0 radical (unpaired) electrons. The van der Waals surface area contributed by atoms with Crippen molar-refractivity contribution in [2.75, 3.05) is 5.32 Å². The molecule has 0 spiro atoms. The Morgan fingerprint density at radius 3 is 2.38 bits per heavy atom. The second-order valence-electron chi connectivity index (χ2n) is 6.98. The van der Waals surface area contributed by atoms with Crippen molar-refractivity contribution >= 4 is 11.6 Å². The molecule has 0 aliphatic heterocycles. The predicted octanol–water partition coefficient (Wildman–Crippen LogP) is 2.80. The number of rotatable bonds is 5. The van der Waals surface area contributed by atoms with Crippen molar-refractivity contribution < 1.29 is 4.79 Å². The van der Waals surface area contributed by atoms with Crippen molar-refractivity contribution in [2.24, 2.45) is 0 Å². The van der Waals surface area contributed by atoms with Crippen LogP contribution in [0.3, 0.4) is 0 Å². The van der Waals surface area contributed by atoms with Crippen molar-refractivity contribution in [3.05, 3.63) is 66.0 Å². The normalized spacial score (nSPS) is 11.2. The van der Waals surface area contributed by atoms with Crippen LogP contribution in [0.5, 0.6) is 0 Å². The summed E-state index contributed by atoms with van der Waals surface area (Å²) in [5.41, 5.74) is 2.16. The molecular formula is C19H22N6O. The quantitative estimate of drug-likeness (QED) is 0.739. The van der Waals surface area contributed by atoms with E-state index in [1.54, 1.807) is 16.8 Å². The monoisotopic (exact) mass is 350 g/mol. The van der Waals surface area contributed by atoms with Gasteiger partial charge in [0.05, 0.1) is 12.2 Å². The fourth-order valence-corrected chi connectivity index (χ4v) is 2.42. The van der Waals surface area contributed by atoms with Crippen molar-refractivity contribution in [3.8, 4) is 5.69 Å². The minimum atomic E-state index is -0.261. The third-order valence-electron chi connectivity index (χ3n) is 3.62. The number of nitrogens with one attached hydrogen (secondary N) is 2. The Kier molecular flexibility index (Phi) is 4.97. The van der Waals surface area contributed by atoms with Gasteiger partial charge in [0.15, 0.2) is 5.82 Å². The molecule has 0 aliphatic rings. The zero-order valence-electron chi connectivity index (χ0n) is 15.1. The summed E-state index contributed by atoms with van der Waals surface area (Å²) in [7, 11) is 0. The number of carbonyl (C=O) groups excluding carboxylic acids is 1. The van der Waals surface area contributed by atoms with Gasteiger partial charge in [-0.3, -0.25) is 4.79 Å². The number of nitrogens with zero attached hydrogens (tertiary/aromatic N) is 4. The summed E-state index contributed by atoms with van der Waals surface area (Å²) in [6.45, 7) is 6.34. The smallest absolute Gasteiger partial charge is 0.251 e. The maximum atomic E-state index is 12.2. The molecule has 134 valence electrons. The summed E-state index contributed by atoms with van der Waals surface area (Å²) in [5.74, 6) is 0.614. The number of para-hydroxylation sites is 1. The van der Waals surface area contributed by atoms with Gasteiger partial charge in [0, 0.05) is 16.8 Å². The number of amides is 1. The topological polar surface area (TPSA) is 84.7 Å². The number of carbonyl (C=O) groups is 1. The van der Waals surface area contributed by atoms with Crippen LogP contribution in [-0.4, -0.2) is 31.7 Å². The molecule has 3 aromatic rings. The van der Waals surface area contributed by atoms with Gasteiger partial charge in [-0.1, -0.05) is 18.2 Å². The van der Waals surface area contributed by atoms with Gasteiger partial charge in [0.2, 0.25) is 0 Å². The van der Waals surface area contributed by atoms with E-state index in [-0.39, 0.29) is 11.4 Å². The summed E-state index contributed by atoms with van der Waals surface area (Å²) < 4.78 is 1.69. The summed E-state index contributed by atoms with van der Waals surface area (Å²) in [6, 6.07) is 17.1. The van der Waals surface area contributed by atoms with Crippen molar-refractivity contribution in [2.45, 2.75) is 32.9 Å². The molecule has 3 rings (SSSR count). The number of tetrazole rings is 1. The van der Waals surface area contributed by atoms with Gasteiger partial charge in [0.25, 0.3) is 5.91 Å². The Hall–Kier alpha value is -3.22. The zero-order valence-corrected chi connectivity index (χ0v) is 15.1. The molecule has 1 heterocycles. The van der Waals surface area contributed by atoms with E-state index in [2.05, 4.69) is 26.2 Å². The van der Waals surface area contributed by atoms with E-state index in [0.29, 0.717) is 17.9 Å². The predicted molar refractivity (Wildman–Crippen MR) is 100 cm³/mol. The van der Waals surface area contributed by atoms with E-state index in [1.165, 1.54) is 0 Å². The molecule has 0 fully saturated rings. The van der Waals surface area contributed by atoms with Gasteiger partial charge >= 0.3 is 0 Å². The molecule has 0 unspecified atom stereocenters. The number of hydrogen-bond donors (Lipinski definition) is 2. The van der Waals surface area contributed by atoms with Crippen LogP contribution in [-0.2, 0) is 6.54 Å². The first-order chi connectivity index (χ1) is 12.4. The Morgan fingerprint density at radius 1 is 1.04 bits per heavy atom. The van der Waals surface area contributed by atoms with Crippen molar-refractivity contribution in [1.82, 2.24) is 25.5 Å². The Bertz CT molecular complexity index is 865. The number of hydrogen-bond acceptors (Lipinski definition) is 5. The molecule has 0 saturated heterocycles. The average Bonchev–Trinajstić information content (AvgIpc) is 3.08. The molecule has 0 saturated carbocycles. The molecule has 0 bridgehead atoms. The molecule has 26 heavy (non-hydrogen) atoms. The van der Waals surface area contributed by atoms with E-state index >= 15 is 0 Å². The summed E-state index contributed by atoms with van der Waals surface area (Å²) in [4.78, 5) is 12.2. The first kappa shape index (κ1) is 17.6. The number of anilines is 1. The summed E-state index contributed by atoms with van der Waals surface area (Å²) in [5, 5.41) is 18.1. The second kappa shape index (κ2) is 7.35. The van der Waals surface area contributed by atoms with Gasteiger partial charge < -0.3 is 10.6 Å². The van der Waals surface area contributed by atoms with E-state index in [1.807, 2.05) is 63.2 Å². The highest BCUT2D eigenvalue weighted by molar-refractivity contribution is 5.94. The molecule has 0 aliphatic carbocycles. The number of aromatic nitrogens is 4. The SMILES string of the molecule is CC(C)(C)NC(=O)c1ccc(NCc2nnnn2-c2ccccc2)cc1. The molecule has 7 nitrogen and oxygen atoms in total. The van der Waals surface area contributed by atoms with Crippen LogP contribution in [0.15, 0.2) is 54.6 Å². The Morgan fingerprint density at radius 2 is 1.73 bits per heavy atom. The lowest BCUT2D eigenvalue weighted by molar-refractivity contribution is 0.0919. The van der Waals surface area contributed by atoms with Crippen molar-refractivity contribution in [1.29, 1.82) is 0 Å². The highest BCUT2D eigenvalue weighted by atomic mass is 16.1. The minimum absolute atomic E-state index is 0.0860. The van der Waals surface area contributed by atoms with Gasteiger partial charge in [-0.25, -0.2) is 0 Å². The van der Waals surface area contributed by atoms with Crippen LogP contribution in [0.4, 0.5) is 5.69 Å². The van der Waals surface area contributed by atoms with Gasteiger partial charge in [0.1, 0.15) is 0 Å². The molecule has 2 N–H and O–H groups in total. The van der Waals surface area contributed by atoms with Crippen LogP contribution in [0.25, 0.3) is 5.69 Å². The maximum Gasteiger partial charge on any atom is 0.251 e. The summed E-state index contributed by atoms with van der Waals surface area (Å²) >= 11 is 0. The molecule has 0 atom stereocenters. The van der Waals surface area contributed by atoms with Crippen LogP contribution in [0.2, 0.25) is 0 Å². The van der Waals surface area contributed by atoms with Crippen LogP contribution >= 0.6 is 0 Å². The Labute approximate surface area is 152 Å². The molecule has 1 amide bonds. The van der Waals surface area contributed by atoms with Crippen LogP contribution < -0.4 is 10.6 Å². The highest BCUT2D eigenvalue weighted by Crippen LogP contribution is 2.13. The maximum absolute atomic E-state index is 12.2.